The Morgan fingerprint density at radius 1 is 0.957 bits per heavy atom. The highest BCUT2D eigenvalue weighted by molar-refractivity contribution is 9.10. The lowest BCUT2D eigenvalue weighted by Gasteiger charge is -2.33. The SMILES string of the molecule is O[C@@](C1=CCC(F)(F)C=C1)(c1ccccc1)c1ccc(Br)cc1. The Kier molecular flexibility index (Phi) is 4.21. The molecule has 3 rings (SSSR count). The third-order valence-electron chi connectivity index (χ3n) is 3.97. The lowest BCUT2D eigenvalue weighted by molar-refractivity contribution is 0.0540. The van der Waals surface area contributed by atoms with Crippen molar-refractivity contribution < 1.29 is 13.9 Å². The first-order valence-electron chi connectivity index (χ1n) is 7.23. The van der Waals surface area contributed by atoms with Gasteiger partial charge in [0, 0.05) is 10.9 Å². The van der Waals surface area contributed by atoms with Gasteiger partial charge in [0.15, 0.2) is 0 Å². The predicted molar refractivity (Wildman–Crippen MR) is 90.4 cm³/mol. The first-order chi connectivity index (χ1) is 10.9. The first-order valence-corrected chi connectivity index (χ1v) is 8.03. The van der Waals surface area contributed by atoms with E-state index in [9.17, 15) is 13.9 Å². The molecule has 0 aliphatic heterocycles. The van der Waals surface area contributed by atoms with Crippen LogP contribution in [0.1, 0.15) is 17.5 Å². The van der Waals surface area contributed by atoms with E-state index in [-0.39, 0.29) is 0 Å². The monoisotopic (exact) mass is 376 g/mol. The Hall–Kier alpha value is -1.78. The van der Waals surface area contributed by atoms with Crippen molar-refractivity contribution in [3.05, 3.63) is 94.0 Å². The second kappa shape index (κ2) is 6.02. The van der Waals surface area contributed by atoms with Gasteiger partial charge in [0.2, 0.25) is 0 Å². The molecule has 0 fully saturated rings. The lowest BCUT2D eigenvalue weighted by Crippen LogP contribution is -2.31. The van der Waals surface area contributed by atoms with Crippen molar-refractivity contribution in [2.45, 2.75) is 17.9 Å². The quantitative estimate of drug-likeness (QED) is 0.779. The standard InChI is InChI=1S/C19H15BrF2O/c20-17-8-6-15(7-9-17)19(23,14-4-2-1-3-5-14)16-10-12-18(21,22)13-11-16/h1-12,23H,13H2/t19-/m0/s1. The summed E-state index contributed by atoms with van der Waals surface area (Å²) in [5, 5.41) is 11.5. The molecule has 0 aromatic heterocycles. The first kappa shape index (κ1) is 16.1. The van der Waals surface area contributed by atoms with Crippen molar-refractivity contribution in [1.29, 1.82) is 0 Å². The zero-order chi connectivity index (χ0) is 16.5. The van der Waals surface area contributed by atoms with Crippen LogP contribution in [0.5, 0.6) is 0 Å². The van der Waals surface area contributed by atoms with Crippen LogP contribution in [0.3, 0.4) is 0 Å². The van der Waals surface area contributed by atoms with Crippen molar-refractivity contribution in [2.75, 3.05) is 0 Å². The molecule has 0 saturated heterocycles. The molecule has 118 valence electrons. The molecule has 0 saturated carbocycles. The topological polar surface area (TPSA) is 20.2 Å². The molecule has 1 nitrogen and oxygen atoms in total. The molecule has 2 aromatic rings. The van der Waals surface area contributed by atoms with E-state index in [2.05, 4.69) is 15.9 Å². The Morgan fingerprint density at radius 3 is 2.13 bits per heavy atom. The van der Waals surface area contributed by atoms with Gasteiger partial charge in [-0.3, -0.25) is 0 Å². The maximum atomic E-state index is 13.4. The summed E-state index contributed by atoms with van der Waals surface area (Å²) in [6.45, 7) is 0. The van der Waals surface area contributed by atoms with Gasteiger partial charge in [-0.25, -0.2) is 8.78 Å². The van der Waals surface area contributed by atoms with Gasteiger partial charge in [-0.1, -0.05) is 70.5 Å². The van der Waals surface area contributed by atoms with Gasteiger partial charge < -0.3 is 5.11 Å². The van der Waals surface area contributed by atoms with Crippen LogP contribution in [0.15, 0.2) is 82.9 Å². The summed E-state index contributed by atoms with van der Waals surface area (Å²) in [7, 11) is 0. The van der Waals surface area contributed by atoms with Gasteiger partial charge in [0.1, 0.15) is 5.60 Å². The molecule has 0 radical (unpaired) electrons. The van der Waals surface area contributed by atoms with Crippen LogP contribution in [-0.2, 0) is 5.60 Å². The highest BCUT2D eigenvalue weighted by Gasteiger charge is 2.38. The zero-order valence-electron chi connectivity index (χ0n) is 12.2. The molecular formula is C19H15BrF2O. The molecule has 1 N–H and O–H groups in total. The van der Waals surface area contributed by atoms with Gasteiger partial charge in [0.05, 0.1) is 0 Å². The second-order valence-corrected chi connectivity index (χ2v) is 6.46. The summed E-state index contributed by atoms with van der Waals surface area (Å²) in [4.78, 5) is 0. The number of benzene rings is 2. The molecule has 1 aliphatic carbocycles. The summed E-state index contributed by atoms with van der Waals surface area (Å²) in [5.41, 5.74) is 0.267. The third kappa shape index (κ3) is 3.14. The van der Waals surface area contributed by atoms with Crippen LogP contribution < -0.4 is 0 Å². The van der Waals surface area contributed by atoms with Crippen molar-refractivity contribution in [1.82, 2.24) is 0 Å². The summed E-state index contributed by atoms with van der Waals surface area (Å²) in [6, 6.07) is 16.3. The van der Waals surface area contributed by atoms with E-state index in [0.29, 0.717) is 16.7 Å². The smallest absolute Gasteiger partial charge is 0.270 e. The van der Waals surface area contributed by atoms with Gasteiger partial charge in [0.25, 0.3) is 5.92 Å². The fraction of sp³-hybridized carbons (Fsp3) is 0.158. The van der Waals surface area contributed by atoms with Crippen LogP contribution in [0.2, 0.25) is 0 Å². The van der Waals surface area contributed by atoms with Gasteiger partial charge >= 0.3 is 0 Å². The molecule has 0 spiro atoms. The van der Waals surface area contributed by atoms with Gasteiger partial charge in [-0.2, -0.15) is 0 Å². The summed E-state index contributed by atoms with van der Waals surface area (Å²) < 4.78 is 27.7. The van der Waals surface area contributed by atoms with E-state index in [1.54, 1.807) is 24.3 Å². The number of hydrogen-bond donors (Lipinski definition) is 1. The fourth-order valence-corrected chi connectivity index (χ4v) is 3.00. The molecule has 4 heteroatoms. The minimum absolute atomic E-state index is 0.412. The zero-order valence-corrected chi connectivity index (χ0v) is 13.8. The number of alkyl halides is 2. The Balaban J connectivity index is 2.14. The van der Waals surface area contributed by atoms with Crippen LogP contribution >= 0.6 is 15.9 Å². The Morgan fingerprint density at radius 2 is 1.57 bits per heavy atom. The average molecular weight is 377 g/mol. The van der Waals surface area contributed by atoms with E-state index >= 15 is 0 Å². The Labute approximate surface area is 142 Å². The van der Waals surface area contributed by atoms with Gasteiger partial charge in [-0.15, -0.1) is 0 Å². The maximum absolute atomic E-state index is 13.4. The van der Waals surface area contributed by atoms with E-state index in [1.165, 1.54) is 12.2 Å². The number of allylic oxidation sites excluding steroid dienone is 2. The third-order valence-corrected chi connectivity index (χ3v) is 4.50. The van der Waals surface area contributed by atoms with Crippen LogP contribution in [-0.4, -0.2) is 11.0 Å². The highest BCUT2D eigenvalue weighted by atomic mass is 79.9. The van der Waals surface area contributed by atoms with Gasteiger partial charge in [-0.05, 0) is 34.9 Å². The molecule has 0 amide bonds. The minimum atomic E-state index is -2.86. The molecule has 2 aromatic carbocycles. The van der Waals surface area contributed by atoms with E-state index in [0.717, 1.165) is 10.5 Å². The molecular weight excluding hydrogens is 362 g/mol. The fourth-order valence-electron chi connectivity index (χ4n) is 2.73. The van der Waals surface area contributed by atoms with Crippen molar-refractivity contribution in [2.24, 2.45) is 0 Å². The second-order valence-electron chi connectivity index (χ2n) is 5.54. The highest BCUT2D eigenvalue weighted by Crippen LogP contribution is 2.41. The molecule has 0 bridgehead atoms. The minimum Gasteiger partial charge on any atom is -0.376 e. The number of halogens is 3. The van der Waals surface area contributed by atoms with Crippen LogP contribution in [0.4, 0.5) is 8.78 Å². The predicted octanol–water partition coefficient (Wildman–Crippen LogP) is 5.21. The lowest BCUT2D eigenvalue weighted by atomic mass is 9.78. The van der Waals surface area contributed by atoms with Crippen molar-refractivity contribution in [3.8, 4) is 0 Å². The largest absolute Gasteiger partial charge is 0.376 e. The molecule has 0 heterocycles. The van der Waals surface area contributed by atoms with Crippen molar-refractivity contribution >= 4 is 15.9 Å². The normalized spacial score (nSPS) is 19.0. The summed E-state index contributed by atoms with van der Waals surface area (Å²) >= 11 is 3.37. The molecule has 1 atom stereocenters. The number of aliphatic hydroxyl groups is 1. The summed E-state index contributed by atoms with van der Waals surface area (Å²) in [6.07, 6.45) is 3.17. The number of rotatable bonds is 3. The van der Waals surface area contributed by atoms with E-state index in [4.69, 9.17) is 0 Å². The van der Waals surface area contributed by atoms with Crippen molar-refractivity contribution in [3.63, 3.8) is 0 Å². The maximum Gasteiger partial charge on any atom is 0.270 e. The van der Waals surface area contributed by atoms with Crippen LogP contribution in [0, 0.1) is 0 Å². The van der Waals surface area contributed by atoms with E-state index in [1.807, 2.05) is 30.3 Å². The van der Waals surface area contributed by atoms with E-state index < -0.39 is 17.9 Å². The average Bonchev–Trinajstić information content (AvgIpc) is 2.55. The number of hydrogen-bond acceptors (Lipinski definition) is 1. The van der Waals surface area contributed by atoms with Crippen LogP contribution in [0.25, 0.3) is 0 Å². The molecule has 1 aliphatic rings. The molecule has 23 heavy (non-hydrogen) atoms. The summed E-state index contributed by atoms with van der Waals surface area (Å²) in [5.74, 6) is -2.86. The molecule has 0 unspecified atom stereocenters. The Bertz CT molecular complexity index is 751.